The zero-order valence-corrected chi connectivity index (χ0v) is 16.6. The quantitative estimate of drug-likeness (QED) is 0.563. The lowest BCUT2D eigenvalue weighted by Crippen LogP contribution is -2.38. The number of benzene rings is 1. The standard InChI is InChI=1S/C20H20N4O3S/c1-12(19(25)21-11-14-6-4-5-7-17(14)27-3)24-20(26)16-10-18-15(8-9-28-18)23(16)13(2)22-24/h4-10,12H,11H2,1-3H3,(H,21,25)/t12-/m1/s1. The minimum Gasteiger partial charge on any atom is -0.496 e. The van der Waals surface area contributed by atoms with Gasteiger partial charge < -0.3 is 10.1 Å². The van der Waals surface area contributed by atoms with Crippen molar-refractivity contribution >= 4 is 33.0 Å². The monoisotopic (exact) mass is 396 g/mol. The summed E-state index contributed by atoms with van der Waals surface area (Å²) in [6.45, 7) is 3.82. The number of methoxy groups -OCH3 is 1. The Kier molecular flexibility index (Phi) is 4.64. The molecule has 4 rings (SSSR count). The van der Waals surface area contributed by atoms with Crippen LogP contribution in [0, 0.1) is 6.92 Å². The van der Waals surface area contributed by atoms with Crippen LogP contribution in [0.25, 0.3) is 15.7 Å². The van der Waals surface area contributed by atoms with E-state index in [0.717, 1.165) is 15.8 Å². The van der Waals surface area contributed by atoms with E-state index in [2.05, 4.69) is 10.4 Å². The number of ether oxygens (including phenoxy) is 1. The Hall–Kier alpha value is -3.13. The van der Waals surface area contributed by atoms with Gasteiger partial charge in [0.1, 0.15) is 23.1 Å². The lowest BCUT2D eigenvalue weighted by Gasteiger charge is -2.16. The number of rotatable bonds is 5. The second kappa shape index (κ2) is 7.12. The summed E-state index contributed by atoms with van der Waals surface area (Å²) in [5.74, 6) is 1.08. The van der Waals surface area contributed by atoms with Crippen molar-refractivity contribution in [2.45, 2.75) is 26.4 Å². The average molecular weight is 396 g/mol. The maximum atomic E-state index is 13.0. The number of amides is 1. The highest BCUT2D eigenvalue weighted by Crippen LogP contribution is 2.24. The first-order valence-corrected chi connectivity index (χ1v) is 9.77. The number of nitrogens with one attached hydrogen (secondary N) is 1. The van der Waals surface area contributed by atoms with E-state index in [4.69, 9.17) is 4.74 Å². The van der Waals surface area contributed by atoms with E-state index in [0.29, 0.717) is 23.6 Å². The van der Waals surface area contributed by atoms with Crippen molar-refractivity contribution in [2.24, 2.45) is 0 Å². The van der Waals surface area contributed by atoms with Crippen molar-refractivity contribution in [1.29, 1.82) is 0 Å². The van der Waals surface area contributed by atoms with Crippen LogP contribution in [0.15, 0.2) is 46.6 Å². The van der Waals surface area contributed by atoms with Crippen LogP contribution >= 0.6 is 11.3 Å². The smallest absolute Gasteiger partial charge is 0.291 e. The molecule has 28 heavy (non-hydrogen) atoms. The van der Waals surface area contributed by atoms with Crippen molar-refractivity contribution in [3.8, 4) is 5.75 Å². The summed E-state index contributed by atoms with van der Waals surface area (Å²) in [7, 11) is 1.59. The number of thiophene rings is 1. The number of fused-ring (bicyclic) bond motifs is 3. The van der Waals surface area contributed by atoms with Gasteiger partial charge in [-0.3, -0.25) is 14.0 Å². The molecule has 0 bridgehead atoms. The number of nitrogens with zero attached hydrogens (tertiary/aromatic N) is 3. The number of hydrogen-bond donors (Lipinski definition) is 1. The largest absolute Gasteiger partial charge is 0.496 e. The third kappa shape index (κ3) is 2.95. The number of hydrogen-bond acceptors (Lipinski definition) is 5. The first-order chi connectivity index (χ1) is 13.5. The van der Waals surface area contributed by atoms with Gasteiger partial charge in [0, 0.05) is 12.1 Å². The van der Waals surface area contributed by atoms with Gasteiger partial charge in [0.15, 0.2) is 0 Å². The van der Waals surface area contributed by atoms with Gasteiger partial charge in [-0.2, -0.15) is 5.10 Å². The normalized spacial score (nSPS) is 12.4. The van der Waals surface area contributed by atoms with Gasteiger partial charge in [-0.25, -0.2) is 4.68 Å². The molecule has 0 radical (unpaired) electrons. The molecular weight excluding hydrogens is 376 g/mol. The molecule has 3 aromatic heterocycles. The van der Waals surface area contributed by atoms with Crippen LogP contribution in [-0.2, 0) is 11.3 Å². The van der Waals surface area contributed by atoms with Crippen molar-refractivity contribution in [2.75, 3.05) is 7.11 Å². The molecule has 0 saturated heterocycles. The molecule has 1 aromatic carbocycles. The molecule has 0 fully saturated rings. The topological polar surface area (TPSA) is 77.6 Å². The maximum absolute atomic E-state index is 13.0. The zero-order chi connectivity index (χ0) is 19.8. The Morgan fingerprint density at radius 1 is 1.29 bits per heavy atom. The Morgan fingerprint density at radius 2 is 2.07 bits per heavy atom. The van der Waals surface area contributed by atoms with E-state index in [9.17, 15) is 9.59 Å². The molecule has 1 N–H and O–H groups in total. The van der Waals surface area contributed by atoms with Crippen LogP contribution in [-0.4, -0.2) is 27.2 Å². The molecule has 4 aromatic rings. The van der Waals surface area contributed by atoms with Crippen molar-refractivity contribution < 1.29 is 9.53 Å². The molecule has 0 aliphatic rings. The summed E-state index contributed by atoms with van der Waals surface area (Å²) in [5, 5.41) is 9.25. The fraction of sp³-hybridized carbons (Fsp3) is 0.250. The Labute approximate surface area is 165 Å². The molecule has 0 unspecified atom stereocenters. The highest BCUT2D eigenvalue weighted by atomic mass is 32.1. The van der Waals surface area contributed by atoms with Crippen LogP contribution in [0.4, 0.5) is 0 Å². The predicted molar refractivity (Wildman–Crippen MR) is 109 cm³/mol. The second-order valence-corrected chi connectivity index (χ2v) is 7.49. The van der Waals surface area contributed by atoms with Gasteiger partial charge in [-0.1, -0.05) is 18.2 Å². The third-order valence-corrected chi connectivity index (χ3v) is 5.67. The highest BCUT2D eigenvalue weighted by molar-refractivity contribution is 7.17. The molecular formula is C20H20N4O3S. The van der Waals surface area contributed by atoms with E-state index in [-0.39, 0.29) is 11.5 Å². The van der Waals surface area contributed by atoms with Gasteiger partial charge >= 0.3 is 0 Å². The van der Waals surface area contributed by atoms with Gasteiger partial charge in [0.2, 0.25) is 5.91 Å². The summed E-state index contributed by atoms with van der Waals surface area (Å²) in [4.78, 5) is 25.6. The van der Waals surface area contributed by atoms with E-state index in [1.807, 2.05) is 53.1 Å². The minimum atomic E-state index is -0.737. The molecule has 144 valence electrons. The summed E-state index contributed by atoms with van der Waals surface area (Å²) in [6, 6.07) is 10.6. The number of carbonyl (C=O) groups excluding carboxylic acids is 1. The molecule has 0 saturated carbocycles. The summed E-state index contributed by atoms with van der Waals surface area (Å²) < 4.78 is 9.42. The molecule has 7 nitrogen and oxygen atoms in total. The first kappa shape index (κ1) is 18.2. The minimum absolute atomic E-state index is 0.280. The third-order valence-electron chi connectivity index (χ3n) is 4.82. The first-order valence-electron chi connectivity index (χ1n) is 8.89. The molecule has 8 heteroatoms. The molecule has 0 spiro atoms. The van der Waals surface area contributed by atoms with E-state index < -0.39 is 6.04 Å². The van der Waals surface area contributed by atoms with E-state index in [1.165, 1.54) is 4.68 Å². The number of carbonyl (C=O) groups is 1. The Bertz CT molecular complexity index is 1240. The highest BCUT2D eigenvalue weighted by Gasteiger charge is 2.21. The molecule has 0 aliphatic heterocycles. The summed E-state index contributed by atoms with van der Waals surface area (Å²) in [5.41, 5.74) is 2.07. The Balaban J connectivity index is 1.63. The van der Waals surface area contributed by atoms with Gasteiger partial charge in [-0.05, 0) is 37.4 Å². The summed E-state index contributed by atoms with van der Waals surface area (Å²) in [6.07, 6.45) is 0. The molecule has 0 aliphatic carbocycles. The predicted octanol–water partition coefficient (Wildman–Crippen LogP) is 2.91. The van der Waals surface area contributed by atoms with E-state index in [1.54, 1.807) is 25.4 Å². The number of para-hydroxylation sites is 1. The average Bonchev–Trinajstić information content (AvgIpc) is 3.30. The number of aromatic nitrogens is 3. The Morgan fingerprint density at radius 3 is 2.86 bits per heavy atom. The van der Waals surface area contributed by atoms with Crippen LogP contribution in [0.5, 0.6) is 5.75 Å². The van der Waals surface area contributed by atoms with Gasteiger partial charge in [-0.15, -0.1) is 11.3 Å². The molecule has 1 atom stereocenters. The van der Waals surface area contributed by atoms with Gasteiger partial charge in [0.25, 0.3) is 5.56 Å². The lowest BCUT2D eigenvalue weighted by atomic mass is 10.2. The SMILES string of the molecule is COc1ccccc1CNC(=O)[C@@H](C)n1nc(C)n2c(cc3sccc32)c1=O. The van der Waals surface area contributed by atoms with Crippen molar-refractivity contribution in [3.63, 3.8) is 0 Å². The molecule has 3 heterocycles. The van der Waals surface area contributed by atoms with Crippen molar-refractivity contribution in [1.82, 2.24) is 19.5 Å². The van der Waals surface area contributed by atoms with Crippen LogP contribution in [0.2, 0.25) is 0 Å². The maximum Gasteiger partial charge on any atom is 0.291 e. The second-order valence-electron chi connectivity index (χ2n) is 6.54. The van der Waals surface area contributed by atoms with E-state index >= 15 is 0 Å². The van der Waals surface area contributed by atoms with Crippen LogP contribution in [0.1, 0.15) is 24.4 Å². The van der Waals surface area contributed by atoms with Gasteiger partial charge in [0.05, 0.1) is 17.3 Å². The van der Waals surface area contributed by atoms with Crippen molar-refractivity contribution in [3.05, 3.63) is 63.5 Å². The number of aryl methyl sites for hydroxylation is 1. The lowest BCUT2D eigenvalue weighted by molar-refractivity contribution is -0.124. The van der Waals surface area contributed by atoms with Crippen LogP contribution in [0.3, 0.4) is 0 Å². The fourth-order valence-corrected chi connectivity index (χ4v) is 4.15. The summed E-state index contributed by atoms with van der Waals surface area (Å²) >= 11 is 1.57. The molecule has 1 amide bonds. The zero-order valence-electron chi connectivity index (χ0n) is 15.8. The van der Waals surface area contributed by atoms with Crippen LogP contribution < -0.4 is 15.6 Å². The fourth-order valence-electron chi connectivity index (χ4n) is 3.35.